The minimum absolute atomic E-state index is 0.0641. The molecule has 0 radical (unpaired) electrons. The second-order valence-corrected chi connectivity index (χ2v) is 9.98. The monoisotopic (exact) mass is 459 g/mol. The molecule has 0 unspecified atom stereocenters. The van der Waals surface area contributed by atoms with Crippen LogP contribution in [0.2, 0.25) is 10.0 Å². The van der Waals surface area contributed by atoms with Crippen molar-refractivity contribution in [3.05, 3.63) is 63.6 Å². The van der Waals surface area contributed by atoms with Gasteiger partial charge < -0.3 is 15.5 Å². The van der Waals surface area contributed by atoms with E-state index in [0.717, 1.165) is 17.5 Å². The minimum atomic E-state index is -0.953. The Hall–Kier alpha value is -2.08. The van der Waals surface area contributed by atoms with E-state index >= 15 is 0 Å². The predicted molar refractivity (Wildman–Crippen MR) is 125 cm³/mol. The van der Waals surface area contributed by atoms with Gasteiger partial charge in [0.05, 0.1) is 6.04 Å². The van der Waals surface area contributed by atoms with Crippen LogP contribution in [0, 0.1) is 5.92 Å². The van der Waals surface area contributed by atoms with Gasteiger partial charge in [0.15, 0.2) is 0 Å². The molecule has 2 aromatic rings. The van der Waals surface area contributed by atoms with Crippen LogP contribution < -0.4 is 10.6 Å². The van der Waals surface area contributed by atoms with Crippen molar-refractivity contribution >= 4 is 40.7 Å². The van der Waals surface area contributed by atoms with Crippen molar-refractivity contribution < 1.29 is 9.59 Å². The van der Waals surface area contributed by atoms with E-state index in [1.54, 1.807) is 31.1 Å². The van der Waals surface area contributed by atoms with Crippen molar-refractivity contribution in [2.75, 3.05) is 19.4 Å². The topological polar surface area (TPSA) is 61.4 Å². The summed E-state index contributed by atoms with van der Waals surface area (Å²) in [5, 5.41) is 7.75. The van der Waals surface area contributed by atoms with Crippen LogP contribution in [0.25, 0.3) is 0 Å². The third-order valence-electron chi connectivity index (χ3n) is 6.43. The maximum Gasteiger partial charge on any atom is 0.239 e. The van der Waals surface area contributed by atoms with Crippen LogP contribution >= 0.6 is 23.2 Å². The van der Waals surface area contributed by atoms with E-state index in [0.29, 0.717) is 21.7 Å². The molecular weight excluding hydrogens is 433 g/mol. The van der Waals surface area contributed by atoms with Gasteiger partial charge in [-0.3, -0.25) is 9.59 Å². The van der Waals surface area contributed by atoms with Crippen LogP contribution in [0.4, 0.5) is 5.69 Å². The largest absolute Gasteiger partial charge is 0.347 e. The van der Waals surface area contributed by atoms with Gasteiger partial charge in [0.1, 0.15) is 5.41 Å². The Balaban J connectivity index is 2.00. The summed E-state index contributed by atoms with van der Waals surface area (Å²) >= 11 is 12.6. The minimum Gasteiger partial charge on any atom is -0.347 e. The molecule has 0 aliphatic carbocycles. The summed E-state index contributed by atoms with van der Waals surface area (Å²) in [5.74, 6) is -0.271. The summed E-state index contributed by atoms with van der Waals surface area (Å²) in [6, 6.07) is 12.2. The Morgan fingerprint density at radius 3 is 2.48 bits per heavy atom. The van der Waals surface area contributed by atoms with Crippen molar-refractivity contribution in [2.45, 2.75) is 43.7 Å². The lowest BCUT2D eigenvalue weighted by molar-refractivity contribution is -0.131. The molecular formula is C24H27Cl2N3O2. The van der Waals surface area contributed by atoms with Gasteiger partial charge in [-0.05, 0) is 47.7 Å². The summed E-state index contributed by atoms with van der Waals surface area (Å²) in [6.45, 7) is 4.25. The van der Waals surface area contributed by atoms with Gasteiger partial charge in [-0.2, -0.15) is 0 Å². The molecule has 1 saturated heterocycles. The fourth-order valence-electron chi connectivity index (χ4n) is 5.28. The first-order chi connectivity index (χ1) is 14.7. The zero-order chi connectivity index (χ0) is 22.5. The highest BCUT2D eigenvalue weighted by Gasteiger charge is 2.65. The number of nitrogens with one attached hydrogen (secondary N) is 2. The highest BCUT2D eigenvalue weighted by Crippen LogP contribution is 2.56. The van der Waals surface area contributed by atoms with E-state index in [2.05, 4.69) is 24.5 Å². The molecule has 4 atom stereocenters. The molecule has 0 bridgehead atoms. The highest BCUT2D eigenvalue weighted by molar-refractivity contribution is 6.31. The molecule has 2 amide bonds. The van der Waals surface area contributed by atoms with Gasteiger partial charge >= 0.3 is 0 Å². The maximum atomic E-state index is 13.8. The van der Waals surface area contributed by atoms with Gasteiger partial charge in [0.2, 0.25) is 11.8 Å². The van der Waals surface area contributed by atoms with E-state index < -0.39 is 17.4 Å². The van der Waals surface area contributed by atoms with Crippen LogP contribution in [0.1, 0.15) is 37.3 Å². The number of halogens is 2. The van der Waals surface area contributed by atoms with Crippen LogP contribution in [-0.4, -0.2) is 42.9 Å². The molecule has 5 nitrogen and oxygen atoms in total. The average molecular weight is 460 g/mol. The molecule has 2 N–H and O–H groups in total. The number of amides is 2. The van der Waals surface area contributed by atoms with E-state index in [1.807, 2.05) is 30.3 Å². The number of nitrogens with zero attached hydrogens (tertiary/aromatic N) is 1. The predicted octanol–water partition coefficient (Wildman–Crippen LogP) is 4.44. The first-order valence-corrected chi connectivity index (χ1v) is 11.3. The summed E-state index contributed by atoms with van der Waals surface area (Å²) in [6.07, 6.45) is 0.740. The molecule has 7 heteroatoms. The van der Waals surface area contributed by atoms with Crippen molar-refractivity contribution in [1.29, 1.82) is 0 Å². The van der Waals surface area contributed by atoms with Gasteiger partial charge in [-0.25, -0.2) is 0 Å². The zero-order valence-corrected chi connectivity index (χ0v) is 19.6. The highest BCUT2D eigenvalue weighted by atomic mass is 35.5. The lowest BCUT2D eigenvalue weighted by Gasteiger charge is -2.36. The van der Waals surface area contributed by atoms with Crippen molar-refractivity contribution in [1.82, 2.24) is 10.2 Å². The molecule has 1 fully saturated rings. The first kappa shape index (κ1) is 22.1. The van der Waals surface area contributed by atoms with Crippen LogP contribution in [-0.2, 0) is 15.0 Å². The Morgan fingerprint density at radius 1 is 1.13 bits per heavy atom. The van der Waals surface area contributed by atoms with Gasteiger partial charge in [-0.1, -0.05) is 55.2 Å². The summed E-state index contributed by atoms with van der Waals surface area (Å²) in [5.41, 5.74) is 1.49. The number of likely N-dealkylation sites (N-methyl/N-ethyl adjacent to an activating group) is 1. The van der Waals surface area contributed by atoms with E-state index in [-0.39, 0.29) is 17.9 Å². The van der Waals surface area contributed by atoms with Gasteiger partial charge in [0, 0.05) is 41.8 Å². The van der Waals surface area contributed by atoms with Crippen molar-refractivity contribution in [3.8, 4) is 0 Å². The second kappa shape index (κ2) is 8.12. The molecule has 164 valence electrons. The zero-order valence-electron chi connectivity index (χ0n) is 18.1. The Morgan fingerprint density at radius 2 is 1.84 bits per heavy atom. The number of carbonyl (C=O) groups is 2. The number of benzene rings is 2. The summed E-state index contributed by atoms with van der Waals surface area (Å²) in [7, 11) is 3.48. The number of rotatable bonds is 4. The normalized spacial score (nSPS) is 26.9. The molecule has 2 heterocycles. The Labute approximate surface area is 193 Å². The second-order valence-electron chi connectivity index (χ2n) is 9.10. The van der Waals surface area contributed by atoms with Gasteiger partial charge in [0.25, 0.3) is 0 Å². The fraction of sp³-hybridized carbons (Fsp3) is 0.417. The lowest BCUT2D eigenvalue weighted by Crippen LogP contribution is -2.48. The molecule has 1 spiro atoms. The van der Waals surface area contributed by atoms with Crippen molar-refractivity contribution in [2.24, 2.45) is 5.92 Å². The lowest BCUT2D eigenvalue weighted by atomic mass is 9.63. The van der Waals surface area contributed by atoms with Crippen molar-refractivity contribution in [3.63, 3.8) is 0 Å². The third kappa shape index (κ3) is 3.53. The maximum absolute atomic E-state index is 13.8. The Kier molecular flexibility index (Phi) is 5.80. The number of anilines is 1. The average Bonchev–Trinajstić information content (AvgIpc) is 3.16. The van der Waals surface area contributed by atoms with E-state index in [4.69, 9.17) is 23.2 Å². The van der Waals surface area contributed by atoms with Gasteiger partial charge in [-0.15, -0.1) is 0 Å². The first-order valence-electron chi connectivity index (χ1n) is 10.5. The molecule has 2 aliphatic rings. The molecule has 0 aromatic heterocycles. The van der Waals surface area contributed by atoms with E-state index in [9.17, 15) is 9.59 Å². The standard InChI is InChI=1S/C24H27Cl2N3O2/c1-13(2)10-19-24(17-9-8-16(26)12-18(17)27-23(24)31)20(14-6-5-7-15(25)11-14)21(28-19)22(30)29(3)4/h5-9,11-13,19-21,28H,10H2,1-4H3,(H,27,31)/t19-,20+,21-,24+/m0/s1. The summed E-state index contributed by atoms with van der Waals surface area (Å²) < 4.78 is 0. The molecule has 2 aliphatic heterocycles. The van der Waals surface area contributed by atoms with E-state index in [1.165, 1.54) is 0 Å². The quantitative estimate of drug-likeness (QED) is 0.709. The number of fused-ring (bicyclic) bond motifs is 2. The molecule has 4 rings (SSSR count). The van der Waals surface area contributed by atoms with Crippen LogP contribution in [0.3, 0.4) is 0 Å². The van der Waals surface area contributed by atoms with Crippen LogP contribution in [0.15, 0.2) is 42.5 Å². The Bertz CT molecular complexity index is 1040. The fourth-order valence-corrected chi connectivity index (χ4v) is 5.65. The molecule has 0 saturated carbocycles. The van der Waals surface area contributed by atoms with Crippen LogP contribution in [0.5, 0.6) is 0 Å². The smallest absolute Gasteiger partial charge is 0.239 e. The number of carbonyl (C=O) groups excluding carboxylic acids is 2. The number of hydrogen-bond donors (Lipinski definition) is 2. The third-order valence-corrected chi connectivity index (χ3v) is 6.90. The SMILES string of the molecule is CC(C)C[C@@H]1N[C@H](C(=O)N(C)C)[C@@H](c2cccc(Cl)c2)[C@]12C(=O)Nc1cc(Cl)ccc12. The molecule has 31 heavy (non-hydrogen) atoms. The number of hydrogen-bond acceptors (Lipinski definition) is 3. The summed E-state index contributed by atoms with van der Waals surface area (Å²) in [4.78, 5) is 28.7. The molecule has 2 aromatic carbocycles.